The Hall–Kier alpha value is -1.14. The summed E-state index contributed by atoms with van der Waals surface area (Å²) in [4.78, 5) is 24.8. The molecule has 1 unspecified atom stereocenters. The first-order valence-electron chi connectivity index (χ1n) is 6.36. The summed E-state index contributed by atoms with van der Waals surface area (Å²) in [7, 11) is 3.67. The van der Waals surface area contributed by atoms with E-state index in [1.165, 1.54) is 0 Å². The van der Waals surface area contributed by atoms with Crippen LogP contribution in [0.15, 0.2) is 0 Å². The number of aliphatic carboxylic acids is 1. The average molecular weight is 272 g/mol. The Morgan fingerprint density at radius 2 is 1.84 bits per heavy atom. The molecule has 0 spiro atoms. The van der Waals surface area contributed by atoms with Crippen LogP contribution in [0.1, 0.15) is 20.8 Å². The molecular formula is C13H24N2O4. The van der Waals surface area contributed by atoms with Crippen molar-refractivity contribution in [2.75, 3.05) is 27.2 Å². The van der Waals surface area contributed by atoms with Gasteiger partial charge in [-0.05, 0) is 26.4 Å². The molecule has 6 nitrogen and oxygen atoms in total. The first-order valence-corrected chi connectivity index (χ1v) is 6.36. The van der Waals surface area contributed by atoms with Crippen LogP contribution in [0.3, 0.4) is 0 Å². The van der Waals surface area contributed by atoms with E-state index in [-0.39, 0.29) is 12.5 Å². The highest BCUT2D eigenvalue weighted by Crippen LogP contribution is 2.58. The first kappa shape index (κ1) is 15.9. The topological polar surface area (TPSA) is 89.9 Å². The van der Waals surface area contributed by atoms with E-state index < -0.39 is 28.8 Å². The molecule has 1 aliphatic rings. The number of carbonyl (C=O) groups is 2. The Morgan fingerprint density at radius 3 is 2.21 bits per heavy atom. The predicted molar refractivity (Wildman–Crippen MR) is 70.6 cm³/mol. The van der Waals surface area contributed by atoms with Gasteiger partial charge in [-0.15, -0.1) is 0 Å². The largest absolute Gasteiger partial charge is 0.481 e. The smallest absolute Gasteiger partial charge is 0.307 e. The molecule has 6 heteroatoms. The molecule has 0 bridgehead atoms. The van der Waals surface area contributed by atoms with Crippen LogP contribution in [0, 0.1) is 17.3 Å². The zero-order valence-corrected chi connectivity index (χ0v) is 12.2. The van der Waals surface area contributed by atoms with E-state index in [0.29, 0.717) is 6.54 Å². The lowest BCUT2D eigenvalue weighted by Crippen LogP contribution is -2.47. The number of aliphatic hydroxyl groups is 1. The van der Waals surface area contributed by atoms with E-state index in [0.717, 1.165) is 0 Å². The van der Waals surface area contributed by atoms with E-state index >= 15 is 0 Å². The number of hydrogen-bond acceptors (Lipinski definition) is 4. The Balaban J connectivity index is 2.52. The van der Waals surface area contributed by atoms with Gasteiger partial charge in [0.25, 0.3) is 0 Å². The summed E-state index contributed by atoms with van der Waals surface area (Å²) in [6.07, 6.45) is 0. The maximum atomic E-state index is 12.0. The van der Waals surface area contributed by atoms with Gasteiger partial charge in [0.15, 0.2) is 0 Å². The number of carbonyl (C=O) groups excluding carboxylic acids is 1. The van der Waals surface area contributed by atoms with Crippen molar-refractivity contribution < 1.29 is 19.8 Å². The third-order valence-corrected chi connectivity index (χ3v) is 3.68. The van der Waals surface area contributed by atoms with Crippen molar-refractivity contribution in [2.45, 2.75) is 26.4 Å². The van der Waals surface area contributed by atoms with Gasteiger partial charge < -0.3 is 20.4 Å². The van der Waals surface area contributed by atoms with Crippen molar-refractivity contribution in [3.05, 3.63) is 0 Å². The Morgan fingerprint density at radius 1 is 1.32 bits per heavy atom. The molecular weight excluding hydrogens is 248 g/mol. The molecule has 0 aromatic carbocycles. The fraction of sp³-hybridized carbons (Fsp3) is 0.846. The Bertz CT molecular complexity index is 377. The minimum absolute atomic E-state index is 0.114. The second kappa shape index (κ2) is 5.09. The highest BCUT2D eigenvalue weighted by Gasteiger charge is 2.65. The van der Waals surface area contributed by atoms with Gasteiger partial charge in [0.1, 0.15) is 0 Å². The van der Waals surface area contributed by atoms with Gasteiger partial charge in [-0.2, -0.15) is 0 Å². The highest BCUT2D eigenvalue weighted by atomic mass is 16.4. The van der Waals surface area contributed by atoms with Crippen LogP contribution >= 0.6 is 0 Å². The number of likely N-dealkylation sites (N-methyl/N-ethyl adjacent to an activating group) is 1. The van der Waals surface area contributed by atoms with Crippen LogP contribution < -0.4 is 5.32 Å². The molecule has 0 aromatic rings. The Labute approximate surface area is 113 Å². The second-order valence-electron chi connectivity index (χ2n) is 6.57. The van der Waals surface area contributed by atoms with Crippen molar-refractivity contribution >= 4 is 11.9 Å². The quantitative estimate of drug-likeness (QED) is 0.621. The van der Waals surface area contributed by atoms with Crippen molar-refractivity contribution in [1.82, 2.24) is 10.2 Å². The lowest BCUT2D eigenvalue weighted by Gasteiger charge is -2.27. The maximum Gasteiger partial charge on any atom is 0.307 e. The first-order chi connectivity index (χ1) is 8.49. The SMILES string of the molecule is CN(C)CC(C)(O)CNC(=O)[C@H]1[C@@H](C(=O)O)C1(C)C. The highest BCUT2D eigenvalue weighted by molar-refractivity contribution is 5.91. The van der Waals surface area contributed by atoms with Gasteiger partial charge in [-0.3, -0.25) is 9.59 Å². The molecule has 0 radical (unpaired) electrons. The molecule has 1 rings (SSSR count). The molecule has 1 fully saturated rings. The summed E-state index contributed by atoms with van der Waals surface area (Å²) >= 11 is 0. The second-order valence-corrected chi connectivity index (χ2v) is 6.57. The number of carboxylic acid groups (broad SMARTS) is 1. The minimum Gasteiger partial charge on any atom is -0.481 e. The number of amides is 1. The molecule has 1 saturated carbocycles. The lowest BCUT2D eigenvalue weighted by atomic mass is 10.1. The van der Waals surface area contributed by atoms with Crippen LogP contribution in [-0.2, 0) is 9.59 Å². The van der Waals surface area contributed by atoms with E-state index in [9.17, 15) is 14.7 Å². The molecule has 1 amide bonds. The predicted octanol–water partition coefficient (Wildman–Crippen LogP) is -0.228. The molecule has 0 aliphatic heterocycles. The summed E-state index contributed by atoms with van der Waals surface area (Å²) in [5, 5.41) is 21.7. The number of carboxylic acids is 1. The summed E-state index contributed by atoms with van der Waals surface area (Å²) in [6, 6.07) is 0. The van der Waals surface area contributed by atoms with Gasteiger partial charge in [-0.1, -0.05) is 13.8 Å². The minimum atomic E-state index is -1.03. The lowest BCUT2D eigenvalue weighted by molar-refractivity contribution is -0.140. The summed E-state index contributed by atoms with van der Waals surface area (Å²) in [6.45, 7) is 5.72. The standard InChI is InChI=1S/C13H24N2O4/c1-12(2)8(9(12)11(17)18)10(16)14-6-13(3,19)7-15(4)5/h8-9,19H,6-7H2,1-5H3,(H,14,16)(H,17,18)/t8-,9+,13?/m1/s1. The van der Waals surface area contributed by atoms with Gasteiger partial charge >= 0.3 is 5.97 Å². The third kappa shape index (κ3) is 3.67. The summed E-state index contributed by atoms with van der Waals surface area (Å²) in [5.41, 5.74) is -1.54. The summed E-state index contributed by atoms with van der Waals surface area (Å²) in [5.74, 6) is -2.38. The van der Waals surface area contributed by atoms with Crippen LogP contribution in [0.5, 0.6) is 0 Å². The monoisotopic (exact) mass is 272 g/mol. The number of hydrogen-bond donors (Lipinski definition) is 3. The maximum absolute atomic E-state index is 12.0. The van der Waals surface area contributed by atoms with E-state index in [1.807, 2.05) is 19.0 Å². The summed E-state index contributed by atoms with van der Waals surface area (Å²) < 4.78 is 0. The molecule has 1 aliphatic carbocycles. The van der Waals surface area contributed by atoms with E-state index in [4.69, 9.17) is 5.11 Å². The number of nitrogens with one attached hydrogen (secondary N) is 1. The van der Waals surface area contributed by atoms with Crippen LogP contribution in [0.25, 0.3) is 0 Å². The number of nitrogens with zero attached hydrogens (tertiary/aromatic N) is 1. The van der Waals surface area contributed by atoms with E-state index in [1.54, 1.807) is 20.8 Å². The molecule has 3 N–H and O–H groups in total. The zero-order chi connectivity index (χ0) is 15.0. The van der Waals surface area contributed by atoms with Crippen molar-refractivity contribution in [2.24, 2.45) is 17.3 Å². The van der Waals surface area contributed by atoms with Crippen LogP contribution in [-0.4, -0.2) is 59.8 Å². The average Bonchev–Trinajstić information content (AvgIpc) is 2.76. The van der Waals surface area contributed by atoms with E-state index in [2.05, 4.69) is 5.32 Å². The normalized spacial score (nSPS) is 27.7. The molecule has 0 saturated heterocycles. The van der Waals surface area contributed by atoms with Crippen molar-refractivity contribution in [3.8, 4) is 0 Å². The van der Waals surface area contributed by atoms with Gasteiger partial charge in [0, 0.05) is 13.1 Å². The third-order valence-electron chi connectivity index (χ3n) is 3.68. The number of rotatable bonds is 6. The van der Waals surface area contributed by atoms with Crippen LogP contribution in [0.2, 0.25) is 0 Å². The fourth-order valence-corrected chi connectivity index (χ4v) is 2.71. The zero-order valence-electron chi connectivity index (χ0n) is 12.2. The Kier molecular flexibility index (Phi) is 4.27. The van der Waals surface area contributed by atoms with Gasteiger partial charge in [0.2, 0.25) is 5.91 Å². The fourth-order valence-electron chi connectivity index (χ4n) is 2.71. The van der Waals surface area contributed by atoms with Crippen molar-refractivity contribution in [1.29, 1.82) is 0 Å². The van der Waals surface area contributed by atoms with Gasteiger partial charge in [0.05, 0.1) is 17.4 Å². The van der Waals surface area contributed by atoms with Crippen LogP contribution in [0.4, 0.5) is 0 Å². The molecule has 0 heterocycles. The molecule has 19 heavy (non-hydrogen) atoms. The molecule has 0 aromatic heterocycles. The molecule has 3 atom stereocenters. The molecule has 110 valence electrons. The van der Waals surface area contributed by atoms with Crippen molar-refractivity contribution in [3.63, 3.8) is 0 Å². The van der Waals surface area contributed by atoms with Gasteiger partial charge in [-0.25, -0.2) is 0 Å².